The molecule has 22 heavy (non-hydrogen) atoms. The first kappa shape index (κ1) is 15.0. The van der Waals surface area contributed by atoms with E-state index in [9.17, 15) is 23.1 Å². The highest BCUT2D eigenvalue weighted by molar-refractivity contribution is 5.95. The van der Waals surface area contributed by atoms with E-state index >= 15 is 0 Å². The fraction of sp³-hybridized carbons (Fsp3) is 0.500. The van der Waals surface area contributed by atoms with Crippen molar-refractivity contribution in [3.05, 3.63) is 24.3 Å². The average molecular weight is 316 g/mol. The van der Waals surface area contributed by atoms with Crippen molar-refractivity contribution in [3.8, 4) is 5.75 Å². The Balaban J connectivity index is 1.65. The summed E-state index contributed by atoms with van der Waals surface area (Å²) in [7, 11) is 0. The van der Waals surface area contributed by atoms with Gasteiger partial charge in [0.15, 0.2) is 6.61 Å². The summed E-state index contributed by atoms with van der Waals surface area (Å²) in [4.78, 5) is 15.4. The molecule has 2 heterocycles. The largest absolute Gasteiger partial charge is 0.484 e. The molecule has 8 heteroatoms. The average Bonchev–Trinajstić information content (AvgIpc) is 2.95. The fourth-order valence-electron chi connectivity index (χ4n) is 2.85. The number of benzene rings is 1. The summed E-state index contributed by atoms with van der Waals surface area (Å²) in [6, 6.07) is 5.73. The second kappa shape index (κ2) is 5.35. The lowest BCUT2D eigenvalue weighted by Gasteiger charge is -2.18. The van der Waals surface area contributed by atoms with E-state index in [1.54, 1.807) is 21.9 Å². The van der Waals surface area contributed by atoms with E-state index in [1.807, 2.05) is 0 Å². The lowest BCUT2D eigenvalue weighted by molar-refractivity contribution is -0.153. The van der Waals surface area contributed by atoms with Gasteiger partial charge in [-0.3, -0.25) is 4.90 Å². The number of alkyl halides is 3. The number of urea groups is 1. The van der Waals surface area contributed by atoms with Crippen LogP contribution in [0.4, 0.5) is 23.7 Å². The molecule has 2 atom stereocenters. The van der Waals surface area contributed by atoms with Crippen LogP contribution in [0.15, 0.2) is 24.3 Å². The zero-order valence-electron chi connectivity index (χ0n) is 11.6. The Kier molecular flexibility index (Phi) is 3.64. The molecule has 120 valence electrons. The summed E-state index contributed by atoms with van der Waals surface area (Å²) < 4.78 is 40.9. The van der Waals surface area contributed by atoms with Gasteiger partial charge in [-0.2, -0.15) is 13.2 Å². The molecule has 3 rings (SSSR count). The number of rotatable bonds is 3. The van der Waals surface area contributed by atoms with E-state index in [2.05, 4.69) is 4.74 Å². The Bertz CT molecular complexity index is 561. The van der Waals surface area contributed by atoms with Crippen LogP contribution in [0.2, 0.25) is 0 Å². The van der Waals surface area contributed by atoms with Crippen LogP contribution in [0.25, 0.3) is 0 Å². The van der Waals surface area contributed by atoms with E-state index in [-0.39, 0.29) is 17.8 Å². The van der Waals surface area contributed by atoms with Gasteiger partial charge in [0, 0.05) is 18.8 Å². The van der Waals surface area contributed by atoms with E-state index in [4.69, 9.17) is 0 Å². The number of hydrogen-bond donors (Lipinski definition) is 1. The van der Waals surface area contributed by atoms with Crippen molar-refractivity contribution in [1.82, 2.24) is 4.90 Å². The van der Waals surface area contributed by atoms with Crippen LogP contribution < -0.4 is 9.64 Å². The zero-order chi connectivity index (χ0) is 15.9. The molecule has 0 spiro atoms. The van der Waals surface area contributed by atoms with Crippen molar-refractivity contribution >= 4 is 11.7 Å². The summed E-state index contributed by atoms with van der Waals surface area (Å²) in [5.41, 5.74) is 0.605. The second-order valence-electron chi connectivity index (χ2n) is 5.49. The minimum Gasteiger partial charge on any atom is -0.484 e. The lowest BCUT2D eigenvalue weighted by Crippen LogP contribution is -2.33. The second-order valence-corrected chi connectivity index (χ2v) is 5.49. The monoisotopic (exact) mass is 316 g/mol. The molecule has 0 saturated carbocycles. The van der Waals surface area contributed by atoms with Gasteiger partial charge >= 0.3 is 12.2 Å². The highest BCUT2D eigenvalue weighted by atomic mass is 19.4. The SMILES string of the molecule is O=C1N(c2ccc(OCC(F)(F)F)cc2)CC2CC(O)CN12. The molecule has 2 amide bonds. The molecular weight excluding hydrogens is 301 g/mol. The minimum absolute atomic E-state index is 0.0105. The highest BCUT2D eigenvalue weighted by Gasteiger charge is 2.43. The number of aliphatic hydroxyl groups is 1. The molecule has 2 unspecified atom stereocenters. The standard InChI is InChI=1S/C14H15F3N2O3/c15-14(16,17)8-22-12-3-1-9(2-4-12)18-6-10-5-11(20)7-19(10)13(18)21/h1-4,10-11,20H,5-8H2. The van der Waals surface area contributed by atoms with Crippen LogP contribution in [0.5, 0.6) is 5.75 Å². The molecule has 2 fully saturated rings. The fourth-order valence-corrected chi connectivity index (χ4v) is 2.85. The molecule has 1 aromatic carbocycles. The van der Waals surface area contributed by atoms with Crippen molar-refractivity contribution in [1.29, 1.82) is 0 Å². The van der Waals surface area contributed by atoms with E-state index < -0.39 is 18.9 Å². The molecule has 0 aliphatic carbocycles. The third-order valence-electron chi connectivity index (χ3n) is 3.81. The van der Waals surface area contributed by atoms with Crippen LogP contribution in [0.1, 0.15) is 6.42 Å². The van der Waals surface area contributed by atoms with E-state index in [0.29, 0.717) is 25.2 Å². The summed E-state index contributed by atoms with van der Waals surface area (Å²) in [6.07, 6.45) is -4.31. The van der Waals surface area contributed by atoms with Gasteiger partial charge in [-0.25, -0.2) is 4.79 Å². The third-order valence-corrected chi connectivity index (χ3v) is 3.81. The molecule has 2 aliphatic heterocycles. The topological polar surface area (TPSA) is 53.0 Å². The van der Waals surface area contributed by atoms with Gasteiger partial charge in [0.05, 0.1) is 12.1 Å². The predicted molar refractivity (Wildman–Crippen MR) is 71.9 cm³/mol. The number of halogens is 3. The Morgan fingerprint density at radius 3 is 2.50 bits per heavy atom. The van der Waals surface area contributed by atoms with Crippen LogP contribution >= 0.6 is 0 Å². The van der Waals surface area contributed by atoms with Crippen molar-refractivity contribution in [2.24, 2.45) is 0 Å². The van der Waals surface area contributed by atoms with Crippen molar-refractivity contribution in [2.75, 3.05) is 24.6 Å². The maximum absolute atomic E-state index is 12.2. The van der Waals surface area contributed by atoms with Crippen molar-refractivity contribution in [2.45, 2.75) is 24.7 Å². The van der Waals surface area contributed by atoms with Gasteiger partial charge in [0.25, 0.3) is 0 Å². The van der Waals surface area contributed by atoms with Gasteiger partial charge in [-0.1, -0.05) is 0 Å². The number of hydrogen-bond acceptors (Lipinski definition) is 3. The van der Waals surface area contributed by atoms with Gasteiger partial charge in [-0.05, 0) is 30.7 Å². The first-order chi connectivity index (χ1) is 10.3. The van der Waals surface area contributed by atoms with E-state index in [1.165, 1.54) is 12.1 Å². The first-order valence-corrected chi connectivity index (χ1v) is 6.89. The smallest absolute Gasteiger partial charge is 0.422 e. The highest BCUT2D eigenvalue weighted by Crippen LogP contribution is 2.31. The molecule has 1 aromatic rings. The number of nitrogens with zero attached hydrogens (tertiary/aromatic N) is 2. The van der Waals surface area contributed by atoms with Crippen molar-refractivity contribution < 1.29 is 27.8 Å². The summed E-state index contributed by atoms with van der Waals surface area (Å²) in [6.45, 7) is -0.547. The van der Waals surface area contributed by atoms with Gasteiger partial charge in [0.1, 0.15) is 5.75 Å². The Morgan fingerprint density at radius 2 is 1.91 bits per heavy atom. The first-order valence-electron chi connectivity index (χ1n) is 6.89. The Hall–Kier alpha value is -1.96. The molecule has 1 N–H and O–H groups in total. The summed E-state index contributed by atoms with van der Waals surface area (Å²) in [5, 5.41) is 9.55. The quantitative estimate of drug-likeness (QED) is 0.928. The molecule has 2 aliphatic rings. The Labute approximate surface area is 124 Å². The molecule has 0 aromatic heterocycles. The number of carbonyl (C=O) groups excluding carboxylic acids is 1. The molecule has 0 bridgehead atoms. The lowest BCUT2D eigenvalue weighted by atomic mass is 10.2. The normalized spacial score (nSPS) is 24.8. The zero-order valence-corrected chi connectivity index (χ0v) is 11.6. The van der Waals surface area contributed by atoms with Gasteiger partial charge in [-0.15, -0.1) is 0 Å². The van der Waals surface area contributed by atoms with E-state index in [0.717, 1.165) is 0 Å². The number of ether oxygens (including phenoxy) is 1. The molecule has 2 saturated heterocycles. The Morgan fingerprint density at radius 1 is 1.23 bits per heavy atom. The summed E-state index contributed by atoms with van der Waals surface area (Å²) >= 11 is 0. The van der Waals surface area contributed by atoms with Crippen LogP contribution in [-0.4, -0.2) is 54.1 Å². The predicted octanol–water partition coefficient (Wildman–Crippen LogP) is 2.00. The maximum atomic E-state index is 12.2. The van der Waals surface area contributed by atoms with Gasteiger partial charge in [0.2, 0.25) is 0 Å². The van der Waals surface area contributed by atoms with Crippen LogP contribution in [-0.2, 0) is 0 Å². The molecule has 5 nitrogen and oxygen atoms in total. The summed E-state index contributed by atoms with van der Waals surface area (Å²) in [5.74, 6) is 0.101. The van der Waals surface area contributed by atoms with Crippen LogP contribution in [0.3, 0.4) is 0 Å². The maximum Gasteiger partial charge on any atom is 0.422 e. The van der Waals surface area contributed by atoms with Gasteiger partial charge < -0.3 is 14.7 Å². The third kappa shape index (κ3) is 2.96. The number of anilines is 1. The number of fused-ring (bicyclic) bond motifs is 1. The van der Waals surface area contributed by atoms with Crippen LogP contribution in [0, 0.1) is 0 Å². The number of carbonyl (C=O) groups is 1. The number of amides is 2. The molecular formula is C14H15F3N2O3. The number of aliphatic hydroxyl groups excluding tert-OH is 1. The minimum atomic E-state index is -4.38. The molecule has 0 radical (unpaired) electrons. The van der Waals surface area contributed by atoms with Crippen molar-refractivity contribution in [3.63, 3.8) is 0 Å².